The maximum atomic E-state index is 5.62. The Morgan fingerprint density at radius 2 is 2.21 bits per heavy atom. The van der Waals surface area contributed by atoms with Crippen LogP contribution in [0, 0.1) is 0 Å². The lowest BCUT2D eigenvalue weighted by atomic mass is 9.93. The fourth-order valence-corrected chi connectivity index (χ4v) is 2.26. The molecule has 0 radical (unpaired) electrons. The van der Waals surface area contributed by atoms with E-state index in [2.05, 4.69) is 5.32 Å². The van der Waals surface area contributed by atoms with E-state index in [1.54, 1.807) is 0 Å². The van der Waals surface area contributed by atoms with Gasteiger partial charge in [-0.15, -0.1) is 11.6 Å². The minimum Gasteiger partial charge on any atom is -0.381 e. The summed E-state index contributed by atoms with van der Waals surface area (Å²) in [6.45, 7) is 1.10. The molecule has 3 heteroatoms. The molecule has 0 bridgehead atoms. The molecule has 2 atom stereocenters. The van der Waals surface area contributed by atoms with Gasteiger partial charge in [0.05, 0.1) is 6.10 Å². The van der Waals surface area contributed by atoms with Crippen molar-refractivity contribution in [2.75, 3.05) is 19.5 Å². The molecular weight excluding hydrogens is 198 g/mol. The molecule has 0 saturated heterocycles. The first-order valence-corrected chi connectivity index (χ1v) is 6.22. The standard InChI is InChI=1S/C11H22ClNO/c1-14-11-6-4-5-10(9-11)13-8-3-2-7-12/h10-11,13H,2-9H2,1H3. The summed E-state index contributed by atoms with van der Waals surface area (Å²) in [6, 6.07) is 0.670. The molecule has 0 aromatic rings. The molecule has 14 heavy (non-hydrogen) atoms. The Morgan fingerprint density at radius 3 is 2.93 bits per heavy atom. The normalized spacial score (nSPS) is 27.9. The number of rotatable bonds is 6. The summed E-state index contributed by atoms with van der Waals surface area (Å²) in [7, 11) is 1.82. The number of ether oxygens (including phenoxy) is 1. The molecule has 1 aliphatic carbocycles. The molecule has 1 saturated carbocycles. The summed E-state index contributed by atoms with van der Waals surface area (Å²) in [5.41, 5.74) is 0. The molecule has 0 heterocycles. The van der Waals surface area contributed by atoms with Crippen LogP contribution in [0.5, 0.6) is 0 Å². The van der Waals surface area contributed by atoms with Gasteiger partial charge in [0, 0.05) is 19.0 Å². The van der Waals surface area contributed by atoms with E-state index >= 15 is 0 Å². The minimum absolute atomic E-state index is 0.481. The van der Waals surface area contributed by atoms with Gasteiger partial charge in [0.1, 0.15) is 0 Å². The largest absolute Gasteiger partial charge is 0.381 e. The van der Waals surface area contributed by atoms with Crippen LogP contribution >= 0.6 is 11.6 Å². The Kier molecular flexibility index (Phi) is 6.57. The van der Waals surface area contributed by atoms with E-state index in [-0.39, 0.29) is 0 Å². The molecule has 1 rings (SSSR count). The van der Waals surface area contributed by atoms with E-state index in [0.29, 0.717) is 12.1 Å². The van der Waals surface area contributed by atoms with Crippen molar-refractivity contribution in [2.45, 2.75) is 50.7 Å². The van der Waals surface area contributed by atoms with E-state index in [1.165, 1.54) is 32.1 Å². The lowest BCUT2D eigenvalue weighted by Crippen LogP contribution is -2.37. The third-order valence-corrected chi connectivity index (χ3v) is 3.22. The molecule has 1 fully saturated rings. The predicted molar refractivity (Wildman–Crippen MR) is 61.0 cm³/mol. The molecule has 1 aliphatic rings. The highest BCUT2D eigenvalue weighted by molar-refractivity contribution is 6.17. The molecule has 0 spiro atoms. The van der Waals surface area contributed by atoms with Gasteiger partial charge in [-0.25, -0.2) is 0 Å². The lowest BCUT2D eigenvalue weighted by molar-refractivity contribution is 0.0589. The van der Waals surface area contributed by atoms with Gasteiger partial charge in [-0.2, -0.15) is 0 Å². The van der Waals surface area contributed by atoms with E-state index < -0.39 is 0 Å². The summed E-state index contributed by atoms with van der Waals surface area (Å²) < 4.78 is 5.39. The number of halogens is 1. The second-order valence-electron chi connectivity index (χ2n) is 4.07. The van der Waals surface area contributed by atoms with Gasteiger partial charge in [0.25, 0.3) is 0 Å². The molecule has 0 aromatic heterocycles. The number of methoxy groups -OCH3 is 1. The van der Waals surface area contributed by atoms with Crippen molar-refractivity contribution in [3.8, 4) is 0 Å². The lowest BCUT2D eigenvalue weighted by Gasteiger charge is -2.28. The topological polar surface area (TPSA) is 21.3 Å². The van der Waals surface area contributed by atoms with Crippen LogP contribution in [0.25, 0.3) is 0 Å². The van der Waals surface area contributed by atoms with Gasteiger partial charge < -0.3 is 10.1 Å². The molecule has 2 unspecified atom stereocenters. The van der Waals surface area contributed by atoms with Crippen molar-refractivity contribution < 1.29 is 4.74 Å². The molecule has 1 N–H and O–H groups in total. The number of unbranched alkanes of at least 4 members (excludes halogenated alkanes) is 1. The van der Waals surface area contributed by atoms with Gasteiger partial charge >= 0.3 is 0 Å². The van der Waals surface area contributed by atoms with Gasteiger partial charge in [-0.3, -0.25) is 0 Å². The molecule has 0 amide bonds. The molecule has 0 aromatic carbocycles. The highest BCUT2D eigenvalue weighted by atomic mass is 35.5. The monoisotopic (exact) mass is 219 g/mol. The average molecular weight is 220 g/mol. The van der Waals surface area contributed by atoms with E-state index in [0.717, 1.165) is 18.8 Å². The summed E-state index contributed by atoms with van der Waals surface area (Å²) in [5, 5.41) is 3.58. The number of nitrogens with one attached hydrogen (secondary N) is 1. The Labute approximate surface area is 92.3 Å². The van der Waals surface area contributed by atoms with Crippen LogP contribution in [0.1, 0.15) is 38.5 Å². The number of alkyl halides is 1. The molecule has 0 aliphatic heterocycles. The quantitative estimate of drug-likeness (QED) is 0.548. The van der Waals surface area contributed by atoms with E-state index in [1.807, 2.05) is 7.11 Å². The maximum Gasteiger partial charge on any atom is 0.0586 e. The first-order valence-electron chi connectivity index (χ1n) is 5.69. The fourth-order valence-electron chi connectivity index (χ4n) is 2.07. The van der Waals surface area contributed by atoms with Crippen LogP contribution in [0.3, 0.4) is 0 Å². The highest BCUT2D eigenvalue weighted by Gasteiger charge is 2.20. The first-order chi connectivity index (χ1) is 6.86. The van der Waals surface area contributed by atoms with E-state index in [9.17, 15) is 0 Å². The Hall–Kier alpha value is 0.210. The SMILES string of the molecule is COC1CCCC(NCCCCCl)C1. The van der Waals surface area contributed by atoms with Gasteiger partial charge in [0.15, 0.2) is 0 Å². The smallest absolute Gasteiger partial charge is 0.0586 e. The van der Waals surface area contributed by atoms with Crippen LogP contribution in [0.15, 0.2) is 0 Å². The summed E-state index contributed by atoms with van der Waals surface area (Å²) >= 11 is 5.62. The van der Waals surface area contributed by atoms with E-state index in [4.69, 9.17) is 16.3 Å². The Bertz CT molecular complexity index is 143. The summed E-state index contributed by atoms with van der Waals surface area (Å²) in [6.07, 6.45) is 7.81. The molecular formula is C11H22ClNO. The highest BCUT2D eigenvalue weighted by Crippen LogP contribution is 2.20. The van der Waals surface area contributed by atoms with Crippen LogP contribution in [0.2, 0.25) is 0 Å². The van der Waals surface area contributed by atoms with Crippen molar-refractivity contribution in [3.63, 3.8) is 0 Å². The second-order valence-corrected chi connectivity index (χ2v) is 4.45. The van der Waals surface area contributed by atoms with Crippen molar-refractivity contribution in [1.29, 1.82) is 0 Å². The zero-order valence-corrected chi connectivity index (χ0v) is 9.85. The van der Waals surface area contributed by atoms with Crippen LogP contribution < -0.4 is 5.32 Å². The van der Waals surface area contributed by atoms with Crippen LogP contribution in [-0.4, -0.2) is 31.7 Å². The Morgan fingerprint density at radius 1 is 1.36 bits per heavy atom. The fraction of sp³-hybridized carbons (Fsp3) is 1.00. The number of hydrogen-bond acceptors (Lipinski definition) is 2. The second kappa shape index (κ2) is 7.49. The molecule has 2 nitrogen and oxygen atoms in total. The average Bonchev–Trinajstić information content (AvgIpc) is 2.25. The zero-order valence-electron chi connectivity index (χ0n) is 9.10. The van der Waals surface area contributed by atoms with Crippen molar-refractivity contribution in [1.82, 2.24) is 5.32 Å². The van der Waals surface area contributed by atoms with Crippen molar-refractivity contribution >= 4 is 11.6 Å². The summed E-state index contributed by atoms with van der Waals surface area (Å²) in [5.74, 6) is 0.785. The van der Waals surface area contributed by atoms with Crippen molar-refractivity contribution in [2.24, 2.45) is 0 Å². The van der Waals surface area contributed by atoms with Crippen molar-refractivity contribution in [3.05, 3.63) is 0 Å². The first kappa shape index (κ1) is 12.3. The third kappa shape index (κ3) is 4.63. The van der Waals surface area contributed by atoms with Gasteiger partial charge in [0.2, 0.25) is 0 Å². The van der Waals surface area contributed by atoms with Crippen LogP contribution in [-0.2, 0) is 4.74 Å². The third-order valence-electron chi connectivity index (χ3n) is 2.95. The van der Waals surface area contributed by atoms with Crippen LogP contribution in [0.4, 0.5) is 0 Å². The molecule has 84 valence electrons. The van der Waals surface area contributed by atoms with Gasteiger partial charge in [-0.05, 0) is 45.1 Å². The van der Waals surface area contributed by atoms with Gasteiger partial charge in [-0.1, -0.05) is 0 Å². The Balaban J connectivity index is 2.05. The summed E-state index contributed by atoms with van der Waals surface area (Å²) in [4.78, 5) is 0. The number of hydrogen-bond donors (Lipinski definition) is 1. The minimum atomic E-state index is 0.481. The zero-order chi connectivity index (χ0) is 10.2. The predicted octanol–water partition coefficient (Wildman–Crippen LogP) is 2.55. The maximum absolute atomic E-state index is 5.62.